The first-order valence-corrected chi connectivity index (χ1v) is 6.55. The third kappa shape index (κ3) is 4.54. The molecule has 100 valence electrons. The Morgan fingerprint density at radius 1 is 1.35 bits per heavy atom. The summed E-state index contributed by atoms with van der Waals surface area (Å²) >= 11 is 0. The van der Waals surface area contributed by atoms with E-state index < -0.39 is 5.60 Å². The van der Waals surface area contributed by atoms with Crippen LogP contribution in [-0.4, -0.2) is 53.7 Å². The summed E-state index contributed by atoms with van der Waals surface area (Å²) in [5, 5.41) is 0. The lowest BCUT2D eigenvalue weighted by Crippen LogP contribution is -2.54. The maximum absolute atomic E-state index is 12.0. The molecule has 1 fully saturated rings. The Morgan fingerprint density at radius 3 is 2.47 bits per heavy atom. The van der Waals surface area contributed by atoms with Gasteiger partial charge < -0.3 is 9.64 Å². The Hall–Kier alpha value is -0.770. The molecule has 0 aromatic rings. The van der Waals surface area contributed by atoms with Gasteiger partial charge in [-0.05, 0) is 40.7 Å². The van der Waals surface area contributed by atoms with Gasteiger partial charge in [-0.15, -0.1) is 0 Å². The quantitative estimate of drug-likeness (QED) is 0.745. The summed E-state index contributed by atoms with van der Waals surface area (Å²) in [6, 6.07) is 0.241. The molecule has 1 atom stereocenters. The van der Waals surface area contributed by atoms with E-state index in [1.807, 2.05) is 25.7 Å². The summed E-state index contributed by atoms with van der Waals surface area (Å²) < 4.78 is 5.41. The smallest absolute Gasteiger partial charge is 0.410 e. The zero-order valence-corrected chi connectivity index (χ0v) is 11.8. The van der Waals surface area contributed by atoms with Crippen molar-refractivity contribution >= 4 is 6.09 Å². The Morgan fingerprint density at radius 2 is 2.00 bits per heavy atom. The van der Waals surface area contributed by atoms with Gasteiger partial charge in [0.25, 0.3) is 0 Å². The second kappa shape index (κ2) is 5.71. The van der Waals surface area contributed by atoms with E-state index in [0.717, 1.165) is 26.2 Å². The first kappa shape index (κ1) is 14.3. The second-order valence-electron chi connectivity index (χ2n) is 5.82. The van der Waals surface area contributed by atoms with Gasteiger partial charge in [-0.3, -0.25) is 4.90 Å². The third-order valence-corrected chi connectivity index (χ3v) is 2.88. The second-order valence-corrected chi connectivity index (χ2v) is 5.82. The number of hydrogen-bond acceptors (Lipinski definition) is 3. The maximum Gasteiger partial charge on any atom is 0.410 e. The minimum atomic E-state index is -0.405. The minimum Gasteiger partial charge on any atom is -0.444 e. The average molecular weight is 242 g/mol. The monoisotopic (exact) mass is 242 g/mol. The molecule has 1 heterocycles. The van der Waals surface area contributed by atoms with Crippen LogP contribution in [0.25, 0.3) is 0 Å². The highest BCUT2D eigenvalue weighted by Gasteiger charge is 2.30. The lowest BCUT2D eigenvalue weighted by molar-refractivity contribution is 0.00154. The van der Waals surface area contributed by atoms with Crippen molar-refractivity contribution < 1.29 is 9.53 Å². The number of amides is 1. The van der Waals surface area contributed by atoms with Crippen LogP contribution in [0.2, 0.25) is 0 Å². The minimum absolute atomic E-state index is 0.179. The van der Waals surface area contributed by atoms with Crippen LogP contribution >= 0.6 is 0 Å². The molecule has 1 aliphatic heterocycles. The molecule has 4 heteroatoms. The number of carbonyl (C=O) groups is 1. The number of carbonyl (C=O) groups excluding carboxylic acids is 1. The molecular formula is C13H26N2O2. The molecule has 0 aromatic heterocycles. The molecule has 1 saturated heterocycles. The number of rotatable bonds is 2. The molecule has 0 N–H and O–H groups in total. The Balaban J connectivity index is 2.49. The first-order valence-electron chi connectivity index (χ1n) is 6.55. The van der Waals surface area contributed by atoms with Gasteiger partial charge in [0, 0.05) is 25.7 Å². The summed E-state index contributed by atoms with van der Waals surface area (Å²) in [5.74, 6) is 0. The summed E-state index contributed by atoms with van der Waals surface area (Å²) in [7, 11) is 0. The van der Waals surface area contributed by atoms with Crippen LogP contribution < -0.4 is 0 Å². The Labute approximate surface area is 105 Å². The SMILES string of the molecule is CCCN1CCN(C(=O)OC(C)(C)C)[C@@H](C)C1. The van der Waals surface area contributed by atoms with Crippen molar-refractivity contribution in [3.63, 3.8) is 0 Å². The van der Waals surface area contributed by atoms with Crippen LogP contribution in [-0.2, 0) is 4.74 Å². The van der Waals surface area contributed by atoms with Crippen LogP contribution in [0.4, 0.5) is 4.79 Å². The fraction of sp³-hybridized carbons (Fsp3) is 0.923. The van der Waals surface area contributed by atoms with Crippen molar-refractivity contribution in [3.05, 3.63) is 0 Å². The molecule has 0 radical (unpaired) electrons. The maximum atomic E-state index is 12.0. The summed E-state index contributed by atoms with van der Waals surface area (Å²) in [6.45, 7) is 13.8. The molecule has 0 unspecified atom stereocenters. The van der Waals surface area contributed by atoms with Crippen molar-refractivity contribution in [2.75, 3.05) is 26.2 Å². The molecule has 1 aliphatic rings. The zero-order chi connectivity index (χ0) is 13.1. The Kier molecular flexibility index (Phi) is 4.80. The predicted molar refractivity (Wildman–Crippen MR) is 69.1 cm³/mol. The van der Waals surface area contributed by atoms with Crippen molar-refractivity contribution in [1.29, 1.82) is 0 Å². The van der Waals surface area contributed by atoms with Gasteiger partial charge in [-0.1, -0.05) is 6.92 Å². The molecule has 0 aromatic carbocycles. The van der Waals surface area contributed by atoms with Crippen molar-refractivity contribution in [2.24, 2.45) is 0 Å². The van der Waals surface area contributed by atoms with E-state index in [1.54, 1.807) is 0 Å². The van der Waals surface area contributed by atoms with Gasteiger partial charge >= 0.3 is 6.09 Å². The molecule has 4 nitrogen and oxygen atoms in total. The zero-order valence-electron chi connectivity index (χ0n) is 11.8. The third-order valence-electron chi connectivity index (χ3n) is 2.88. The van der Waals surface area contributed by atoms with Gasteiger partial charge in [0.2, 0.25) is 0 Å². The molecule has 1 amide bonds. The van der Waals surface area contributed by atoms with Gasteiger partial charge in [0.05, 0.1) is 0 Å². The van der Waals surface area contributed by atoms with Crippen LogP contribution in [0.3, 0.4) is 0 Å². The van der Waals surface area contributed by atoms with Crippen LogP contribution in [0.15, 0.2) is 0 Å². The van der Waals surface area contributed by atoms with Crippen LogP contribution in [0.5, 0.6) is 0 Å². The van der Waals surface area contributed by atoms with Gasteiger partial charge in [-0.25, -0.2) is 4.79 Å². The normalized spacial score (nSPS) is 22.6. The molecule has 0 saturated carbocycles. The number of piperazine rings is 1. The van der Waals surface area contributed by atoms with E-state index in [9.17, 15) is 4.79 Å². The standard InChI is InChI=1S/C13H26N2O2/c1-6-7-14-8-9-15(11(2)10-14)12(16)17-13(3,4)5/h11H,6-10H2,1-5H3/t11-/m0/s1. The van der Waals surface area contributed by atoms with E-state index in [4.69, 9.17) is 4.74 Å². The van der Waals surface area contributed by atoms with E-state index in [-0.39, 0.29) is 12.1 Å². The fourth-order valence-electron chi connectivity index (χ4n) is 2.14. The molecule has 0 bridgehead atoms. The summed E-state index contributed by atoms with van der Waals surface area (Å²) in [6.07, 6.45) is 0.986. The number of nitrogens with zero attached hydrogens (tertiary/aromatic N) is 2. The lowest BCUT2D eigenvalue weighted by atomic mass is 10.2. The number of hydrogen-bond donors (Lipinski definition) is 0. The molecule has 0 spiro atoms. The fourth-order valence-corrected chi connectivity index (χ4v) is 2.14. The highest BCUT2D eigenvalue weighted by Crippen LogP contribution is 2.15. The summed E-state index contributed by atoms with van der Waals surface area (Å²) in [5.41, 5.74) is -0.405. The van der Waals surface area contributed by atoms with Gasteiger partial charge in [0.1, 0.15) is 5.60 Å². The summed E-state index contributed by atoms with van der Waals surface area (Å²) in [4.78, 5) is 16.2. The van der Waals surface area contributed by atoms with Crippen molar-refractivity contribution in [3.8, 4) is 0 Å². The molecular weight excluding hydrogens is 216 g/mol. The topological polar surface area (TPSA) is 32.8 Å². The highest BCUT2D eigenvalue weighted by atomic mass is 16.6. The van der Waals surface area contributed by atoms with Gasteiger partial charge in [0.15, 0.2) is 0 Å². The highest BCUT2D eigenvalue weighted by molar-refractivity contribution is 5.68. The van der Waals surface area contributed by atoms with E-state index in [1.165, 1.54) is 6.42 Å². The Bertz CT molecular complexity index is 261. The largest absolute Gasteiger partial charge is 0.444 e. The van der Waals surface area contributed by atoms with E-state index in [0.29, 0.717) is 0 Å². The van der Waals surface area contributed by atoms with Crippen molar-refractivity contribution in [2.45, 2.75) is 52.7 Å². The van der Waals surface area contributed by atoms with E-state index >= 15 is 0 Å². The van der Waals surface area contributed by atoms with Crippen LogP contribution in [0.1, 0.15) is 41.0 Å². The number of ether oxygens (including phenoxy) is 1. The van der Waals surface area contributed by atoms with Gasteiger partial charge in [-0.2, -0.15) is 0 Å². The van der Waals surface area contributed by atoms with E-state index in [2.05, 4.69) is 18.7 Å². The lowest BCUT2D eigenvalue weighted by Gasteiger charge is -2.40. The molecule has 1 rings (SSSR count). The molecule has 0 aliphatic carbocycles. The average Bonchev–Trinajstić information content (AvgIpc) is 2.15. The first-order chi connectivity index (χ1) is 7.83. The van der Waals surface area contributed by atoms with Crippen molar-refractivity contribution in [1.82, 2.24) is 9.80 Å². The van der Waals surface area contributed by atoms with Crippen LogP contribution in [0, 0.1) is 0 Å². The molecule has 17 heavy (non-hydrogen) atoms. The predicted octanol–water partition coefficient (Wildman–Crippen LogP) is 2.34.